The van der Waals surface area contributed by atoms with Crippen molar-refractivity contribution in [3.8, 4) is 10.7 Å². The smallest absolute Gasteiger partial charge is 0.378 e. The molecule has 16 heteroatoms. The number of aromatic nitrogens is 4. The second-order valence-electron chi connectivity index (χ2n) is 10.8. The monoisotopic (exact) mass is 627 g/mol. The number of anilines is 1. The molecule has 43 heavy (non-hydrogen) atoms. The number of hydrogen-bond donors (Lipinski definition) is 2. The number of nitrogens with zero attached hydrogens (tertiary/aromatic N) is 5. The van der Waals surface area contributed by atoms with Crippen molar-refractivity contribution >= 4 is 33.0 Å². The largest absolute Gasteiger partial charge is 0.393 e. The maximum atomic E-state index is 15.4. The van der Waals surface area contributed by atoms with E-state index >= 15 is 4.39 Å². The van der Waals surface area contributed by atoms with Crippen LogP contribution < -0.4 is 10.6 Å². The Balaban J connectivity index is 1.24. The Morgan fingerprint density at radius 1 is 1.26 bits per heavy atom. The number of fused-ring (bicyclic) bond motifs is 3. The topological polar surface area (TPSA) is 101 Å². The molecule has 0 unspecified atom stereocenters. The summed E-state index contributed by atoms with van der Waals surface area (Å²) in [7, 11) is 1.93. The zero-order valence-electron chi connectivity index (χ0n) is 22.7. The van der Waals surface area contributed by atoms with Crippen LogP contribution in [0, 0.1) is 0 Å². The number of nitrogens with one attached hydrogen (secondary N) is 2. The minimum atomic E-state index is -4.53. The van der Waals surface area contributed by atoms with E-state index < -0.39 is 43.7 Å². The molecule has 0 radical (unpaired) electrons. The summed E-state index contributed by atoms with van der Waals surface area (Å²) in [5.74, 6) is -0.788. The van der Waals surface area contributed by atoms with Crippen LogP contribution in [-0.2, 0) is 19.5 Å². The molecule has 2 bridgehead atoms. The molecule has 2 N–H and O–H groups in total. The number of rotatable bonds is 9. The molecule has 1 amide bonds. The van der Waals surface area contributed by atoms with Gasteiger partial charge in [0.15, 0.2) is 0 Å². The molecule has 1 aromatic carbocycles. The zero-order valence-corrected chi connectivity index (χ0v) is 23.6. The van der Waals surface area contributed by atoms with Gasteiger partial charge >= 0.3 is 6.18 Å². The van der Waals surface area contributed by atoms with Crippen LogP contribution in [0.15, 0.2) is 35.1 Å². The van der Waals surface area contributed by atoms with Crippen molar-refractivity contribution in [2.75, 3.05) is 12.4 Å². The van der Waals surface area contributed by atoms with Crippen molar-refractivity contribution in [2.24, 2.45) is 0 Å². The van der Waals surface area contributed by atoms with Crippen molar-refractivity contribution in [3.05, 3.63) is 47.6 Å². The molecule has 230 valence electrons. The fourth-order valence-corrected chi connectivity index (χ4v) is 7.20. The van der Waals surface area contributed by atoms with Crippen LogP contribution in [0.1, 0.15) is 41.1 Å². The fourth-order valence-electron chi connectivity index (χ4n) is 5.98. The van der Waals surface area contributed by atoms with Crippen molar-refractivity contribution in [1.82, 2.24) is 30.1 Å². The lowest BCUT2D eigenvalue weighted by Crippen LogP contribution is -2.53. The van der Waals surface area contributed by atoms with Crippen molar-refractivity contribution in [3.63, 3.8) is 0 Å². The summed E-state index contributed by atoms with van der Waals surface area (Å²) in [5.41, 5.74) is 0.543. The van der Waals surface area contributed by atoms with E-state index in [1.165, 1.54) is 0 Å². The van der Waals surface area contributed by atoms with Crippen LogP contribution in [0.2, 0.25) is 0 Å². The Hall–Kier alpha value is -3.66. The molecule has 9 nitrogen and oxygen atoms in total. The van der Waals surface area contributed by atoms with Crippen molar-refractivity contribution in [2.45, 2.75) is 75.7 Å². The van der Waals surface area contributed by atoms with Crippen LogP contribution in [0.25, 0.3) is 20.8 Å². The van der Waals surface area contributed by atoms with Crippen LogP contribution in [-0.4, -0.2) is 74.7 Å². The average molecular weight is 628 g/mol. The Morgan fingerprint density at radius 3 is 2.84 bits per heavy atom. The van der Waals surface area contributed by atoms with Gasteiger partial charge in [-0.2, -0.15) is 23.3 Å². The lowest BCUT2D eigenvalue weighted by Gasteiger charge is -2.39. The quantitative estimate of drug-likeness (QED) is 0.239. The minimum absolute atomic E-state index is 0.0285. The number of carbonyl (C=O) groups is 1. The lowest BCUT2D eigenvalue weighted by molar-refractivity contribution is -0.126. The second kappa shape index (κ2) is 11.4. The molecule has 2 fully saturated rings. The molecular weight excluding hydrogens is 600 g/mol. The van der Waals surface area contributed by atoms with Gasteiger partial charge in [0, 0.05) is 18.3 Å². The highest BCUT2D eigenvalue weighted by Crippen LogP contribution is 2.45. The standard InChI is InChI=1S/C27H27F6N7O2S/c1-39-14-5-6-19(39)22(30)18(7-14)36-17-4-2-3-15-16(8-27(31,32)33)24(43-23(15)17)25-37-21(42-38-25)10-34-26(41)13-9-35-40(11-13)12-20(28)29/h2-4,9,11,14,18-20,22,36H,5-8,10,12H2,1H3,(H,34,41)/t14-,18-,19+,22-/m1/s1. The second-order valence-corrected chi connectivity index (χ2v) is 11.8. The van der Waals surface area contributed by atoms with Gasteiger partial charge in [0.1, 0.15) is 12.7 Å². The Kier molecular flexibility index (Phi) is 7.83. The third-order valence-electron chi connectivity index (χ3n) is 8.00. The normalized spacial score (nSPS) is 22.5. The number of amides is 1. The van der Waals surface area contributed by atoms with E-state index in [4.69, 9.17) is 4.52 Å². The van der Waals surface area contributed by atoms with Crippen LogP contribution >= 0.6 is 11.3 Å². The Bertz CT molecular complexity index is 1620. The molecule has 3 aromatic heterocycles. The van der Waals surface area contributed by atoms with Crippen LogP contribution in [0.4, 0.5) is 32.0 Å². The van der Waals surface area contributed by atoms with E-state index in [-0.39, 0.29) is 46.3 Å². The molecule has 0 saturated carbocycles. The summed E-state index contributed by atoms with van der Waals surface area (Å²) in [4.78, 5) is 18.8. The number of benzene rings is 1. The average Bonchev–Trinajstić information content (AvgIpc) is 3.72. The predicted octanol–water partition coefficient (Wildman–Crippen LogP) is 5.43. The van der Waals surface area contributed by atoms with Gasteiger partial charge in [-0.05, 0) is 43.3 Å². The van der Waals surface area contributed by atoms with Gasteiger partial charge in [-0.3, -0.25) is 14.4 Å². The molecule has 6 rings (SSSR count). The van der Waals surface area contributed by atoms with Gasteiger partial charge in [-0.15, -0.1) is 11.3 Å². The van der Waals surface area contributed by atoms with E-state index in [1.807, 2.05) is 7.05 Å². The maximum absolute atomic E-state index is 15.4. The summed E-state index contributed by atoms with van der Waals surface area (Å²) < 4.78 is 88.3. The predicted molar refractivity (Wildman–Crippen MR) is 146 cm³/mol. The number of carbonyl (C=O) groups excluding carboxylic acids is 1. The lowest BCUT2D eigenvalue weighted by atomic mass is 9.95. The van der Waals surface area contributed by atoms with Crippen molar-refractivity contribution < 1.29 is 35.7 Å². The number of hydrogen-bond acceptors (Lipinski definition) is 8. The molecule has 4 aromatic rings. The summed E-state index contributed by atoms with van der Waals surface area (Å²) >= 11 is 1.05. The molecule has 2 aliphatic rings. The van der Waals surface area contributed by atoms with Gasteiger partial charge in [0.2, 0.25) is 11.7 Å². The zero-order chi connectivity index (χ0) is 30.5. The van der Waals surface area contributed by atoms with Gasteiger partial charge < -0.3 is 15.2 Å². The fraction of sp³-hybridized carbons (Fsp3) is 0.481. The van der Waals surface area contributed by atoms with E-state index in [9.17, 15) is 26.7 Å². The first kappa shape index (κ1) is 29.4. The number of halogens is 6. The number of thiophene rings is 1. The van der Waals surface area contributed by atoms with Crippen LogP contribution in [0.3, 0.4) is 0 Å². The highest BCUT2D eigenvalue weighted by Gasteiger charge is 2.46. The summed E-state index contributed by atoms with van der Waals surface area (Å²) in [5, 5.41) is 13.7. The highest BCUT2D eigenvalue weighted by molar-refractivity contribution is 7.23. The number of piperidine rings is 1. The van der Waals surface area contributed by atoms with E-state index in [0.717, 1.165) is 41.3 Å². The SMILES string of the molecule is CN1[C@@H]2CC[C@H]1[C@H](F)[C@H](Nc1cccc3c(CC(F)(F)F)c(-c4noc(CNC(=O)c5cnn(CC(F)F)c5)n4)sc13)C2. The van der Waals surface area contributed by atoms with Gasteiger partial charge in [-0.25, -0.2) is 13.2 Å². The summed E-state index contributed by atoms with van der Waals surface area (Å²) in [6.45, 7) is -0.922. The third-order valence-corrected chi connectivity index (χ3v) is 9.28. The first-order valence-corrected chi connectivity index (χ1v) is 14.4. The first-order valence-electron chi connectivity index (χ1n) is 13.6. The molecule has 4 atom stereocenters. The van der Waals surface area contributed by atoms with Crippen LogP contribution in [0.5, 0.6) is 0 Å². The maximum Gasteiger partial charge on any atom is 0.393 e. The van der Waals surface area contributed by atoms with E-state index in [0.29, 0.717) is 22.2 Å². The molecule has 5 heterocycles. The molecule has 2 saturated heterocycles. The summed E-state index contributed by atoms with van der Waals surface area (Å²) in [6, 6.07) is 4.54. The minimum Gasteiger partial charge on any atom is -0.378 e. The molecule has 0 aliphatic carbocycles. The Labute approximate surface area is 245 Å². The first-order chi connectivity index (χ1) is 20.5. The molecular formula is C27H27F6N7O2S. The molecule has 0 spiro atoms. The van der Waals surface area contributed by atoms with Crippen molar-refractivity contribution in [1.29, 1.82) is 0 Å². The molecule has 2 aliphatic heterocycles. The summed E-state index contributed by atoms with van der Waals surface area (Å²) in [6.07, 6.45) is -4.97. The highest BCUT2D eigenvalue weighted by atomic mass is 32.1. The third kappa shape index (κ3) is 6.07. The Morgan fingerprint density at radius 2 is 2.07 bits per heavy atom. The van der Waals surface area contributed by atoms with Gasteiger partial charge in [0.25, 0.3) is 12.3 Å². The van der Waals surface area contributed by atoms with Gasteiger partial charge in [0.05, 0.1) is 46.0 Å². The van der Waals surface area contributed by atoms with E-state index in [2.05, 4.69) is 30.8 Å². The number of alkyl halides is 6. The van der Waals surface area contributed by atoms with E-state index in [1.54, 1.807) is 18.2 Å². The van der Waals surface area contributed by atoms with Gasteiger partial charge in [-0.1, -0.05) is 17.3 Å².